The average molecular weight is 392 g/mol. The predicted octanol–water partition coefficient (Wildman–Crippen LogP) is 2.71. The number of carbonyl (C=O) groups is 1. The van der Waals surface area contributed by atoms with E-state index in [1.807, 2.05) is 17.8 Å². The number of thioether (sulfide) groups is 1. The lowest BCUT2D eigenvalue weighted by molar-refractivity contribution is -0.122. The van der Waals surface area contributed by atoms with Crippen molar-refractivity contribution >= 4 is 48.2 Å². The van der Waals surface area contributed by atoms with Crippen molar-refractivity contribution in [2.45, 2.75) is 31.3 Å². The van der Waals surface area contributed by atoms with Gasteiger partial charge in [-0.15, -0.1) is 24.8 Å². The standard InChI is InChI=1S/C17H25N3OS.2ClH/c21-17(11-15-13-22-10-8-18-15)19-14-5-4-9-20(12-14)16-6-2-1-3-7-16;;/h1-3,6-7,14-15,18H,4-5,8-13H2,(H,19,21);2*1H. The molecule has 4 nitrogen and oxygen atoms in total. The molecule has 1 aromatic rings. The van der Waals surface area contributed by atoms with Gasteiger partial charge in [-0.05, 0) is 25.0 Å². The molecule has 2 saturated heterocycles. The largest absolute Gasteiger partial charge is 0.369 e. The van der Waals surface area contributed by atoms with Crippen LogP contribution in [-0.4, -0.2) is 49.1 Å². The number of halogens is 2. The van der Waals surface area contributed by atoms with Crippen molar-refractivity contribution in [2.24, 2.45) is 0 Å². The van der Waals surface area contributed by atoms with E-state index in [0.29, 0.717) is 12.5 Å². The number of benzene rings is 1. The second kappa shape index (κ2) is 11.1. The number of hydrogen-bond acceptors (Lipinski definition) is 4. The van der Waals surface area contributed by atoms with Gasteiger partial charge in [-0.3, -0.25) is 4.79 Å². The van der Waals surface area contributed by atoms with Crippen molar-refractivity contribution in [3.63, 3.8) is 0 Å². The Labute approximate surface area is 161 Å². The molecule has 2 fully saturated rings. The van der Waals surface area contributed by atoms with E-state index in [-0.39, 0.29) is 36.8 Å². The summed E-state index contributed by atoms with van der Waals surface area (Å²) in [6.07, 6.45) is 2.83. The third-order valence-electron chi connectivity index (χ3n) is 4.34. The summed E-state index contributed by atoms with van der Waals surface area (Å²) in [6.45, 7) is 3.02. The van der Waals surface area contributed by atoms with Gasteiger partial charge in [0.15, 0.2) is 0 Å². The zero-order valence-corrected chi connectivity index (χ0v) is 16.2. The summed E-state index contributed by atoms with van der Waals surface area (Å²) in [5.41, 5.74) is 1.26. The summed E-state index contributed by atoms with van der Waals surface area (Å²) >= 11 is 1.94. The van der Waals surface area contributed by atoms with Gasteiger partial charge in [-0.25, -0.2) is 0 Å². The van der Waals surface area contributed by atoms with Crippen LogP contribution in [0.25, 0.3) is 0 Å². The summed E-state index contributed by atoms with van der Waals surface area (Å²) in [7, 11) is 0. The van der Waals surface area contributed by atoms with E-state index in [1.165, 1.54) is 5.69 Å². The van der Waals surface area contributed by atoms with Gasteiger partial charge in [-0.2, -0.15) is 11.8 Å². The van der Waals surface area contributed by atoms with Gasteiger partial charge in [-0.1, -0.05) is 18.2 Å². The molecule has 2 aliphatic rings. The van der Waals surface area contributed by atoms with E-state index in [4.69, 9.17) is 0 Å². The molecule has 0 saturated carbocycles. The maximum absolute atomic E-state index is 12.2. The highest BCUT2D eigenvalue weighted by atomic mass is 35.5. The lowest BCUT2D eigenvalue weighted by atomic mass is 10.0. The van der Waals surface area contributed by atoms with Crippen molar-refractivity contribution in [3.05, 3.63) is 30.3 Å². The maximum atomic E-state index is 12.2. The molecule has 24 heavy (non-hydrogen) atoms. The Morgan fingerprint density at radius 2 is 2.08 bits per heavy atom. The van der Waals surface area contributed by atoms with Crippen LogP contribution in [-0.2, 0) is 4.79 Å². The summed E-state index contributed by atoms with van der Waals surface area (Å²) in [4.78, 5) is 14.6. The van der Waals surface area contributed by atoms with E-state index in [1.54, 1.807) is 0 Å². The fraction of sp³-hybridized carbons (Fsp3) is 0.588. The molecule has 0 aliphatic carbocycles. The number of rotatable bonds is 4. The first-order chi connectivity index (χ1) is 10.8. The van der Waals surface area contributed by atoms with Gasteiger partial charge in [0.05, 0.1) is 0 Å². The molecule has 2 N–H and O–H groups in total. The zero-order valence-electron chi connectivity index (χ0n) is 13.8. The van der Waals surface area contributed by atoms with Crippen LogP contribution in [0.4, 0.5) is 5.69 Å². The number of nitrogens with one attached hydrogen (secondary N) is 2. The molecule has 136 valence electrons. The minimum absolute atomic E-state index is 0. The minimum atomic E-state index is 0. The van der Waals surface area contributed by atoms with Crippen molar-refractivity contribution in [1.82, 2.24) is 10.6 Å². The second-order valence-electron chi connectivity index (χ2n) is 6.12. The summed E-state index contributed by atoms with van der Waals surface area (Å²) in [6, 6.07) is 11.1. The molecule has 0 spiro atoms. The lowest BCUT2D eigenvalue weighted by Crippen LogP contribution is -2.49. The SMILES string of the molecule is Cl.Cl.O=C(CC1CSCCN1)NC1CCCN(c2ccccc2)C1. The van der Waals surface area contributed by atoms with E-state index in [0.717, 1.165) is 44.0 Å². The number of carbonyl (C=O) groups excluding carboxylic acids is 1. The molecule has 0 bridgehead atoms. The second-order valence-corrected chi connectivity index (χ2v) is 7.27. The first-order valence-electron chi connectivity index (χ1n) is 8.22. The third kappa shape index (κ3) is 6.36. The van der Waals surface area contributed by atoms with Crippen LogP contribution in [0.5, 0.6) is 0 Å². The zero-order chi connectivity index (χ0) is 15.2. The van der Waals surface area contributed by atoms with Gasteiger partial charge in [0.1, 0.15) is 0 Å². The van der Waals surface area contributed by atoms with Crippen LogP contribution in [0.1, 0.15) is 19.3 Å². The molecule has 0 aromatic heterocycles. The van der Waals surface area contributed by atoms with Crippen LogP contribution in [0, 0.1) is 0 Å². The van der Waals surface area contributed by atoms with Gasteiger partial charge < -0.3 is 15.5 Å². The van der Waals surface area contributed by atoms with Crippen molar-refractivity contribution in [1.29, 1.82) is 0 Å². The maximum Gasteiger partial charge on any atom is 0.221 e. The third-order valence-corrected chi connectivity index (χ3v) is 5.47. The summed E-state index contributed by atoms with van der Waals surface area (Å²) in [5, 5.41) is 6.67. The number of amides is 1. The average Bonchev–Trinajstić information content (AvgIpc) is 2.57. The van der Waals surface area contributed by atoms with Crippen LogP contribution < -0.4 is 15.5 Å². The Morgan fingerprint density at radius 3 is 2.79 bits per heavy atom. The van der Waals surface area contributed by atoms with Crippen molar-refractivity contribution < 1.29 is 4.79 Å². The highest BCUT2D eigenvalue weighted by Gasteiger charge is 2.23. The highest BCUT2D eigenvalue weighted by Crippen LogP contribution is 2.19. The highest BCUT2D eigenvalue weighted by molar-refractivity contribution is 7.99. The van der Waals surface area contributed by atoms with E-state index < -0.39 is 0 Å². The predicted molar refractivity (Wildman–Crippen MR) is 108 cm³/mol. The van der Waals surface area contributed by atoms with Gasteiger partial charge in [0.25, 0.3) is 0 Å². The number of piperidine rings is 1. The molecule has 2 unspecified atom stereocenters. The number of para-hydroxylation sites is 1. The number of anilines is 1. The Kier molecular flexibility index (Phi) is 9.89. The van der Waals surface area contributed by atoms with Crippen LogP contribution >= 0.6 is 36.6 Å². The Morgan fingerprint density at radius 1 is 1.29 bits per heavy atom. The van der Waals surface area contributed by atoms with Gasteiger partial charge in [0, 0.05) is 55.3 Å². The van der Waals surface area contributed by atoms with Gasteiger partial charge in [0.2, 0.25) is 5.91 Å². The van der Waals surface area contributed by atoms with Crippen LogP contribution in [0.3, 0.4) is 0 Å². The van der Waals surface area contributed by atoms with Crippen LogP contribution in [0.15, 0.2) is 30.3 Å². The topological polar surface area (TPSA) is 44.4 Å². The quantitative estimate of drug-likeness (QED) is 0.827. The van der Waals surface area contributed by atoms with E-state index in [2.05, 4.69) is 39.8 Å². The molecule has 1 amide bonds. The lowest BCUT2D eigenvalue weighted by Gasteiger charge is -2.35. The van der Waals surface area contributed by atoms with Gasteiger partial charge >= 0.3 is 0 Å². The van der Waals surface area contributed by atoms with Crippen molar-refractivity contribution in [3.8, 4) is 0 Å². The Balaban J connectivity index is 0.00000144. The molecule has 2 heterocycles. The fourth-order valence-corrected chi connectivity index (χ4v) is 4.18. The molecule has 2 aliphatic heterocycles. The van der Waals surface area contributed by atoms with E-state index >= 15 is 0 Å². The fourth-order valence-electron chi connectivity index (χ4n) is 3.23. The minimum Gasteiger partial charge on any atom is -0.369 e. The first kappa shape index (κ1) is 21.4. The molecular formula is C17H27Cl2N3OS. The monoisotopic (exact) mass is 391 g/mol. The summed E-state index contributed by atoms with van der Waals surface area (Å²) in [5.74, 6) is 2.40. The van der Waals surface area contributed by atoms with Crippen LogP contribution in [0.2, 0.25) is 0 Å². The number of nitrogens with zero attached hydrogens (tertiary/aromatic N) is 1. The summed E-state index contributed by atoms with van der Waals surface area (Å²) < 4.78 is 0. The number of hydrogen-bond donors (Lipinski definition) is 2. The normalized spacial score (nSPS) is 23.6. The van der Waals surface area contributed by atoms with E-state index in [9.17, 15) is 4.79 Å². The molecule has 0 radical (unpaired) electrons. The first-order valence-corrected chi connectivity index (χ1v) is 9.37. The molecule has 3 rings (SSSR count). The Hall–Kier alpha value is -0.620. The Bertz CT molecular complexity index is 486. The molecule has 7 heteroatoms. The molecule has 1 aromatic carbocycles. The molecular weight excluding hydrogens is 365 g/mol. The smallest absolute Gasteiger partial charge is 0.221 e. The molecule has 2 atom stereocenters. The van der Waals surface area contributed by atoms with Crippen molar-refractivity contribution in [2.75, 3.05) is 36.0 Å².